The number of nitrogens with one attached hydrogen (secondary N) is 1. The molecule has 0 bridgehead atoms. The molecule has 0 atom stereocenters. The Kier molecular flexibility index (Phi) is 4.12. The third-order valence-corrected chi connectivity index (χ3v) is 5.25. The first kappa shape index (κ1) is 17.2. The standard InChI is InChI=1S/C22H15N5OS/c1-14-11-19-26-20(18-13-29-22(25-18)24-17-5-3-2-4-6-17)21(27(19)28-14)16-9-7-15(12-23)8-10-16/h2-11,13H,1H3,(H,24,25). The van der Waals surface area contributed by atoms with E-state index < -0.39 is 0 Å². The van der Waals surface area contributed by atoms with Crippen molar-refractivity contribution in [3.63, 3.8) is 0 Å². The van der Waals surface area contributed by atoms with E-state index in [0.29, 0.717) is 5.56 Å². The number of aromatic nitrogens is 3. The quantitative estimate of drug-likeness (QED) is 0.424. The molecule has 29 heavy (non-hydrogen) atoms. The molecule has 2 aromatic carbocycles. The Morgan fingerprint density at radius 1 is 1.07 bits per heavy atom. The fourth-order valence-electron chi connectivity index (χ4n) is 3.18. The zero-order chi connectivity index (χ0) is 19.8. The van der Waals surface area contributed by atoms with Gasteiger partial charge in [0.15, 0.2) is 10.8 Å². The van der Waals surface area contributed by atoms with Gasteiger partial charge in [0.05, 0.1) is 11.6 Å². The minimum absolute atomic E-state index is 0.606. The summed E-state index contributed by atoms with van der Waals surface area (Å²) in [6.07, 6.45) is 0. The van der Waals surface area contributed by atoms with Gasteiger partial charge in [-0.15, -0.1) is 11.3 Å². The zero-order valence-corrected chi connectivity index (χ0v) is 16.3. The summed E-state index contributed by atoms with van der Waals surface area (Å²) in [4.78, 5) is 9.49. The summed E-state index contributed by atoms with van der Waals surface area (Å²) in [5.74, 6) is 0.777. The van der Waals surface area contributed by atoms with Crippen molar-refractivity contribution in [1.29, 1.82) is 5.26 Å². The molecular weight excluding hydrogens is 382 g/mol. The van der Waals surface area contributed by atoms with Crippen molar-refractivity contribution in [2.45, 2.75) is 6.92 Å². The molecule has 140 valence electrons. The number of para-hydroxylation sites is 1. The average Bonchev–Trinajstić information content (AvgIpc) is 3.43. The third-order valence-electron chi connectivity index (χ3n) is 4.49. The summed E-state index contributed by atoms with van der Waals surface area (Å²) in [7, 11) is 0. The maximum Gasteiger partial charge on any atom is 0.187 e. The molecule has 6 nitrogen and oxygen atoms in total. The molecule has 0 radical (unpaired) electrons. The Bertz CT molecular complexity index is 1340. The molecule has 1 N–H and O–H groups in total. The SMILES string of the molecule is Cc1cc2nc(-c3csc(Nc4ccccc4)n3)c(-c3ccc(C#N)cc3)n2o1. The van der Waals surface area contributed by atoms with Crippen molar-refractivity contribution in [2.24, 2.45) is 0 Å². The van der Waals surface area contributed by atoms with Crippen molar-refractivity contribution in [2.75, 3.05) is 5.32 Å². The predicted octanol–water partition coefficient (Wildman–Crippen LogP) is 5.64. The van der Waals surface area contributed by atoms with Gasteiger partial charge >= 0.3 is 0 Å². The van der Waals surface area contributed by atoms with Gasteiger partial charge in [0.25, 0.3) is 0 Å². The van der Waals surface area contributed by atoms with E-state index in [1.54, 1.807) is 16.7 Å². The molecule has 5 rings (SSSR count). The smallest absolute Gasteiger partial charge is 0.187 e. The first-order chi connectivity index (χ1) is 14.2. The van der Waals surface area contributed by atoms with Gasteiger partial charge in [-0.3, -0.25) is 0 Å². The lowest BCUT2D eigenvalue weighted by Gasteiger charge is -2.03. The van der Waals surface area contributed by atoms with E-state index in [9.17, 15) is 0 Å². The van der Waals surface area contributed by atoms with Crippen LogP contribution in [0.4, 0.5) is 10.8 Å². The Balaban J connectivity index is 1.60. The van der Waals surface area contributed by atoms with Crippen LogP contribution in [0.5, 0.6) is 0 Å². The number of hydrogen-bond acceptors (Lipinski definition) is 6. The van der Waals surface area contributed by atoms with Crippen LogP contribution in [-0.2, 0) is 0 Å². The molecule has 7 heteroatoms. The Hall–Kier alpha value is -3.89. The van der Waals surface area contributed by atoms with E-state index in [2.05, 4.69) is 11.4 Å². The van der Waals surface area contributed by atoms with Crippen LogP contribution < -0.4 is 5.32 Å². The average molecular weight is 397 g/mol. The third kappa shape index (κ3) is 3.16. The maximum atomic E-state index is 9.09. The monoisotopic (exact) mass is 397 g/mol. The number of benzene rings is 2. The van der Waals surface area contributed by atoms with Crippen LogP contribution in [0.25, 0.3) is 28.3 Å². The van der Waals surface area contributed by atoms with Gasteiger partial charge in [0.1, 0.15) is 22.8 Å². The molecule has 0 saturated heterocycles. The van der Waals surface area contributed by atoms with Gasteiger partial charge in [-0.05, 0) is 31.2 Å². The summed E-state index contributed by atoms with van der Waals surface area (Å²) in [6, 6.07) is 21.4. The van der Waals surface area contributed by atoms with Crippen LogP contribution in [0.15, 0.2) is 70.6 Å². The summed E-state index contributed by atoms with van der Waals surface area (Å²) >= 11 is 1.52. The number of thiazole rings is 1. The minimum atomic E-state index is 0.606. The fraction of sp³-hybridized carbons (Fsp3) is 0.0455. The highest BCUT2D eigenvalue weighted by Gasteiger charge is 2.21. The topological polar surface area (TPSA) is 79.2 Å². The highest BCUT2D eigenvalue weighted by molar-refractivity contribution is 7.14. The van der Waals surface area contributed by atoms with Crippen LogP contribution in [0.2, 0.25) is 0 Å². The lowest BCUT2D eigenvalue weighted by atomic mass is 10.1. The predicted molar refractivity (Wildman–Crippen MR) is 113 cm³/mol. The van der Waals surface area contributed by atoms with E-state index in [4.69, 9.17) is 19.8 Å². The summed E-state index contributed by atoms with van der Waals surface area (Å²) in [5.41, 5.74) is 5.54. The second kappa shape index (κ2) is 6.93. The van der Waals surface area contributed by atoms with E-state index in [1.165, 1.54) is 11.3 Å². The number of fused-ring (bicyclic) bond motifs is 1. The number of rotatable bonds is 4. The number of imidazole rings is 1. The van der Waals surface area contributed by atoms with Crippen LogP contribution >= 0.6 is 11.3 Å². The molecule has 0 amide bonds. The van der Waals surface area contributed by atoms with E-state index in [1.807, 2.05) is 60.8 Å². The number of aryl methyl sites for hydroxylation is 1. The maximum absolute atomic E-state index is 9.09. The van der Waals surface area contributed by atoms with E-state index >= 15 is 0 Å². The molecule has 5 aromatic rings. The molecule has 0 aliphatic heterocycles. The molecular formula is C22H15N5OS. The van der Waals surface area contributed by atoms with E-state index in [0.717, 1.165) is 44.9 Å². The highest BCUT2D eigenvalue weighted by atomic mass is 32.1. The molecule has 0 unspecified atom stereocenters. The first-order valence-electron chi connectivity index (χ1n) is 8.99. The van der Waals surface area contributed by atoms with Crippen LogP contribution in [0.3, 0.4) is 0 Å². The second-order valence-electron chi connectivity index (χ2n) is 6.53. The zero-order valence-electron chi connectivity index (χ0n) is 15.5. The molecule has 0 fully saturated rings. The minimum Gasteiger partial charge on any atom is -0.378 e. The van der Waals surface area contributed by atoms with Crippen molar-refractivity contribution in [3.8, 4) is 28.7 Å². The second-order valence-corrected chi connectivity index (χ2v) is 7.38. The van der Waals surface area contributed by atoms with Gasteiger partial charge in [-0.1, -0.05) is 30.3 Å². The number of nitrogens with zero attached hydrogens (tertiary/aromatic N) is 4. The lowest BCUT2D eigenvalue weighted by molar-refractivity contribution is 0.361. The Labute approximate surface area is 170 Å². The van der Waals surface area contributed by atoms with Crippen LogP contribution in [-0.4, -0.2) is 14.5 Å². The Morgan fingerprint density at radius 3 is 2.62 bits per heavy atom. The normalized spacial score (nSPS) is 10.9. The van der Waals surface area contributed by atoms with Crippen molar-refractivity contribution >= 4 is 27.8 Å². The summed E-state index contributed by atoms with van der Waals surface area (Å²) in [6.45, 7) is 1.89. The number of hydrogen-bond donors (Lipinski definition) is 1. The summed E-state index contributed by atoms with van der Waals surface area (Å²) < 4.78 is 7.58. The largest absolute Gasteiger partial charge is 0.378 e. The molecule has 0 saturated carbocycles. The lowest BCUT2D eigenvalue weighted by Crippen LogP contribution is -1.91. The molecule has 0 aliphatic rings. The van der Waals surface area contributed by atoms with Gasteiger partial charge < -0.3 is 9.84 Å². The van der Waals surface area contributed by atoms with Crippen LogP contribution in [0, 0.1) is 18.3 Å². The number of nitriles is 1. The van der Waals surface area contributed by atoms with Gasteiger partial charge in [0, 0.05) is 22.7 Å². The molecule has 0 spiro atoms. The fourth-order valence-corrected chi connectivity index (χ4v) is 3.89. The highest BCUT2D eigenvalue weighted by Crippen LogP contribution is 2.35. The van der Waals surface area contributed by atoms with Gasteiger partial charge in [0.2, 0.25) is 0 Å². The van der Waals surface area contributed by atoms with Crippen molar-refractivity contribution in [1.82, 2.24) is 14.5 Å². The first-order valence-corrected chi connectivity index (χ1v) is 9.87. The Morgan fingerprint density at radius 2 is 1.86 bits per heavy atom. The van der Waals surface area contributed by atoms with Crippen LogP contribution in [0.1, 0.15) is 11.3 Å². The van der Waals surface area contributed by atoms with Gasteiger partial charge in [-0.25, -0.2) is 9.97 Å². The van der Waals surface area contributed by atoms with Gasteiger partial charge in [-0.2, -0.15) is 9.84 Å². The molecule has 0 aliphatic carbocycles. The van der Waals surface area contributed by atoms with E-state index in [-0.39, 0.29) is 0 Å². The molecule has 3 heterocycles. The van der Waals surface area contributed by atoms with Crippen molar-refractivity contribution < 1.29 is 4.52 Å². The van der Waals surface area contributed by atoms with Crippen molar-refractivity contribution in [3.05, 3.63) is 77.4 Å². The summed E-state index contributed by atoms with van der Waals surface area (Å²) in [5, 5.41) is 15.2. The molecule has 3 aromatic heterocycles. The number of anilines is 2.